The zero-order valence-corrected chi connectivity index (χ0v) is 24.0. The van der Waals surface area contributed by atoms with Gasteiger partial charge in [-0.3, -0.25) is 14.9 Å². The van der Waals surface area contributed by atoms with Crippen molar-refractivity contribution in [2.24, 2.45) is 4.99 Å². The van der Waals surface area contributed by atoms with Crippen molar-refractivity contribution in [1.82, 2.24) is 24.4 Å². The van der Waals surface area contributed by atoms with Crippen molar-refractivity contribution < 1.29 is 18.3 Å². The smallest absolute Gasteiger partial charge is 0.216 e. The highest BCUT2D eigenvalue weighted by Crippen LogP contribution is 2.28. The highest BCUT2D eigenvalue weighted by atomic mass is 35.5. The molecule has 0 amide bonds. The first-order chi connectivity index (χ1) is 19.8. The number of pyridine rings is 2. The van der Waals surface area contributed by atoms with Gasteiger partial charge in [0.15, 0.2) is 0 Å². The molecule has 0 N–H and O–H groups in total. The summed E-state index contributed by atoms with van der Waals surface area (Å²) in [6.45, 7) is 7.15. The fourth-order valence-corrected chi connectivity index (χ4v) is 5.48. The van der Waals surface area contributed by atoms with E-state index in [4.69, 9.17) is 31.0 Å². The number of hydrogen-bond donors (Lipinski definition) is 0. The van der Waals surface area contributed by atoms with Gasteiger partial charge in [-0.05, 0) is 56.5 Å². The molecule has 1 aromatic carbocycles. The Labute approximate surface area is 242 Å². The van der Waals surface area contributed by atoms with E-state index < -0.39 is 11.6 Å². The summed E-state index contributed by atoms with van der Waals surface area (Å²) in [5, 5.41) is 0.00212. The van der Waals surface area contributed by atoms with Crippen molar-refractivity contribution in [3.8, 4) is 5.88 Å². The molecule has 41 heavy (non-hydrogen) atoms. The lowest BCUT2D eigenvalue weighted by atomic mass is 10.0. The van der Waals surface area contributed by atoms with Crippen LogP contribution >= 0.6 is 11.6 Å². The summed E-state index contributed by atoms with van der Waals surface area (Å²) in [7, 11) is 1.76. The molecule has 4 aromatic rings. The van der Waals surface area contributed by atoms with Gasteiger partial charge in [0, 0.05) is 37.3 Å². The first kappa shape index (κ1) is 27.7. The fourth-order valence-electron chi connectivity index (χ4n) is 5.29. The molecule has 2 aliphatic heterocycles. The molecular formula is C30H31ClF2N6O2. The molecule has 1 fully saturated rings. The Morgan fingerprint density at radius 2 is 1.98 bits per heavy atom. The Hall–Kier alpha value is -3.47. The number of benzene rings is 1. The van der Waals surface area contributed by atoms with Crippen LogP contribution in [0.25, 0.3) is 11.0 Å². The van der Waals surface area contributed by atoms with Gasteiger partial charge in [0.25, 0.3) is 0 Å². The largest absolute Gasteiger partial charge is 0.472 e. The van der Waals surface area contributed by atoms with Crippen molar-refractivity contribution in [2.45, 2.75) is 59.0 Å². The Balaban J connectivity index is 1.23. The summed E-state index contributed by atoms with van der Waals surface area (Å²) in [4.78, 5) is 21.0. The SMILES string of the molecule is CN=C(C)c1cc2nc(CN3CCc4cc(C)c(OCc5c(F)cc(Cl)cc5F)nc4C3)n(C[C@@H]3CCO3)c2cn1. The Bertz CT molecular complexity index is 1630. The summed E-state index contributed by atoms with van der Waals surface area (Å²) in [6, 6.07) is 6.20. The van der Waals surface area contributed by atoms with Gasteiger partial charge in [-0.15, -0.1) is 0 Å². The minimum Gasteiger partial charge on any atom is -0.472 e. The van der Waals surface area contributed by atoms with Crippen LogP contribution in [0.2, 0.25) is 5.02 Å². The summed E-state index contributed by atoms with van der Waals surface area (Å²) in [5.41, 5.74) is 6.22. The number of rotatable bonds is 8. The van der Waals surface area contributed by atoms with E-state index in [0.29, 0.717) is 19.0 Å². The predicted molar refractivity (Wildman–Crippen MR) is 153 cm³/mol. The lowest BCUT2D eigenvalue weighted by Gasteiger charge is -2.30. The number of aliphatic imine (C=N–C) groups is 1. The van der Waals surface area contributed by atoms with Gasteiger partial charge in [-0.2, -0.15) is 0 Å². The Kier molecular flexibility index (Phi) is 7.72. The van der Waals surface area contributed by atoms with E-state index in [1.807, 2.05) is 26.1 Å². The van der Waals surface area contributed by atoms with Gasteiger partial charge in [0.05, 0.1) is 59.1 Å². The molecular weight excluding hydrogens is 550 g/mol. The summed E-state index contributed by atoms with van der Waals surface area (Å²) < 4.78 is 42.3. The van der Waals surface area contributed by atoms with Gasteiger partial charge < -0.3 is 14.0 Å². The summed E-state index contributed by atoms with van der Waals surface area (Å²) >= 11 is 5.75. The molecule has 214 valence electrons. The lowest BCUT2D eigenvalue weighted by molar-refractivity contribution is -0.0592. The van der Waals surface area contributed by atoms with Crippen LogP contribution in [-0.2, 0) is 37.4 Å². The minimum absolute atomic E-state index is 0.00212. The normalized spacial score (nSPS) is 17.5. The standard InChI is InChI=1S/C30H31ClF2N6O2/c1-17-8-19-4-6-38(14-27(19)37-30(17)41-16-22-23(32)9-20(31)10-24(22)33)15-29-36-26-11-25(18(2)34-3)35-12-28(26)39(29)13-21-5-7-40-21/h8-12,21H,4-7,13-16H2,1-3H3/t21-/m0/s1. The third-order valence-electron chi connectivity index (χ3n) is 7.83. The van der Waals surface area contributed by atoms with E-state index >= 15 is 0 Å². The predicted octanol–water partition coefficient (Wildman–Crippen LogP) is 5.43. The van der Waals surface area contributed by atoms with Gasteiger partial charge in [0.1, 0.15) is 24.1 Å². The van der Waals surface area contributed by atoms with Crippen molar-refractivity contribution >= 4 is 28.3 Å². The van der Waals surface area contributed by atoms with Crippen LogP contribution in [0.5, 0.6) is 5.88 Å². The molecule has 8 nitrogen and oxygen atoms in total. The lowest BCUT2D eigenvalue weighted by Crippen LogP contribution is -2.34. The number of ether oxygens (including phenoxy) is 2. The van der Waals surface area contributed by atoms with Crippen LogP contribution in [0.4, 0.5) is 8.78 Å². The van der Waals surface area contributed by atoms with Crippen molar-refractivity contribution in [2.75, 3.05) is 20.2 Å². The zero-order chi connectivity index (χ0) is 28.7. The molecule has 11 heteroatoms. The molecule has 0 unspecified atom stereocenters. The number of fused-ring (bicyclic) bond motifs is 2. The molecule has 0 radical (unpaired) electrons. The first-order valence-electron chi connectivity index (χ1n) is 13.7. The van der Waals surface area contributed by atoms with Gasteiger partial charge in [-0.1, -0.05) is 11.6 Å². The van der Waals surface area contributed by atoms with E-state index in [1.165, 1.54) is 0 Å². The summed E-state index contributed by atoms with van der Waals surface area (Å²) in [5.74, 6) is -0.181. The van der Waals surface area contributed by atoms with Crippen molar-refractivity contribution in [3.05, 3.63) is 81.0 Å². The third-order valence-corrected chi connectivity index (χ3v) is 8.05. The van der Waals surface area contributed by atoms with Crippen LogP contribution < -0.4 is 4.74 Å². The molecule has 0 bridgehead atoms. The first-order valence-corrected chi connectivity index (χ1v) is 14.1. The highest BCUT2D eigenvalue weighted by molar-refractivity contribution is 6.30. The van der Waals surface area contributed by atoms with E-state index in [-0.39, 0.29) is 23.3 Å². The maximum absolute atomic E-state index is 14.3. The van der Waals surface area contributed by atoms with Crippen LogP contribution in [-0.4, -0.2) is 56.4 Å². The molecule has 0 aliphatic carbocycles. The quantitative estimate of drug-likeness (QED) is 0.259. The summed E-state index contributed by atoms with van der Waals surface area (Å²) in [6.07, 6.45) is 3.90. The van der Waals surface area contributed by atoms with Crippen LogP contribution in [0, 0.1) is 18.6 Å². The number of imidazole rings is 1. The van der Waals surface area contributed by atoms with Crippen molar-refractivity contribution in [3.63, 3.8) is 0 Å². The van der Waals surface area contributed by atoms with Gasteiger partial charge in [-0.25, -0.2) is 18.7 Å². The number of halogens is 3. The average molecular weight is 581 g/mol. The topological polar surface area (TPSA) is 77.7 Å². The molecule has 0 saturated carbocycles. The second-order valence-electron chi connectivity index (χ2n) is 10.6. The number of aryl methyl sites for hydroxylation is 1. The fraction of sp³-hybridized carbons (Fsp3) is 0.400. The second-order valence-corrected chi connectivity index (χ2v) is 11.0. The maximum Gasteiger partial charge on any atom is 0.216 e. The van der Waals surface area contributed by atoms with E-state index in [2.05, 4.69) is 25.5 Å². The number of nitrogens with zero attached hydrogens (tertiary/aromatic N) is 6. The van der Waals surface area contributed by atoms with E-state index in [0.717, 1.165) is 89.8 Å². The molecule has 1 saturated heterocycles. The molecule has 1 atom stereocenters. The van der Waals surface area contributed by atoms with E-state index in [1.54, 1.807) is 7.05 Å². The van der Waals surface area contributed by atoms with Gasteiger partial charge in [0.2, 0.25) is 5.88 Å². The average Bonchev–Trinajstić information content (AvgIpc) is 3.25. The molecule has 6 rings (SSSR count). The minimum atomic E-state index is -0.744. The Morgan fingerprint density at radius 1 is 1.20 bits per heavy atom. The third kappa shape index (κ3) is 5.68. The molecule has 5 heterocycles. The monoisotopic (exact) mass is 580 g/mol. The van der Waals surface area contributed by atoms with Crippen LogP contribution in [0.15, 0.2) is 35.5 Å². The van der Waals surface area contributed by atoms with Crippen molar-refractivity contribution in [1.29, 1.82) is 0 Å². The van der Waals surface area contributed by atoms with Crippen LogP contribution in [0.3, 0.4) is 0 Å². The molecule has 3 aromatic heterocycles. The highest BCUT2D eigenvalue weighted by Gasteiger charge is 2.25. The van der Waals surface area contributed by atoms with E-state index in [9.17, 15) is 8.78 Å². The van der Waals surface area contributed by atoms with Gasteiger partial charge >= 0.3 is 0 Å². The van der Waals surface area contributed by atoms with Crippen LogP contribution in [0.1, 0.15) is 47.2 Å². The maximum atomic E-state index is 14.3. The molecule has 2 aliphatic rings. The number of aromatic nitrogens is 4. The second kappa shape index (κ2) is 11.4. The Morgan fingerprint density at radius 3 is 2.68 bits per heavy atom. The molecule has 0 spiro atoms. The number of hydrogen-bond acceptors (Lipinski definition) is 7. The zero-order valence-electron chi connectivity index (χ0n) is 23.3.